The fraction of sp³-hybridized carbons (Fsp3) is 0.467. The molecule has 0 spiro atoms. The molecule has 0 aromatic heterocycles. The molecule has 0 aliphatic rings. The van der Waals surface area contributed by atoms with Crippen molar-refractivity contribution in [3.05, 3.63) is 28.8 Å². The van der Waals surface area contributed by atoms with Crippen molar-refractivity contribution in [2.45, 2.75) is 27.7 Å². The van der Waals surface area contributed by atoms with Crippen molar-refractivity contribution >= 4 is 5.78 Å². The number of nitriles is 1. The molecule has 0 N–H and O–H groups in total. The Morgan fingerprint density at radius 1 is 1.33 bits per heavy atom. The number of aryl methyl sites for hydroxylation is 2. The third-order valence-electron chi connectivity index (χ3n) is 2.98. The lowest BCUT2D eigenvalue weighted by Gasteiger charge is -2.16. The van der Waals surface area contributed by atoms with Crippen molar-refractivity contribution < 1.29 is 9.53 Å². The Bertz CT molecular complexity index is 498. The van der Waals surface area contributed by atoms with Crippen LogP contribution >= 0.6 is 0 Å². The summed E-state index contributed by atoms with van der Waals surface area (Å²) in [5, 5.41) is 9.12. The summed E-state index contributed by atoms with van der Waals surface area (Å²) in [5.41, 5.74) is 2.42. The van der Waals surface area contributed by atoms with Gasteiger partial charge in [-0.3, -0.25) is 4.79 Å². The molecule has 0 aliphatic carbocycles. The van der Waals surface area contributed by atoms with Crippen LogP contribution in [0.15, 0.2) is 12.1 Å². The summed E-state index contributed by atoms with van der Waals surface area (Å²) >= 11 is 0. The molecule has 0 amide bonds. The van der Waals surface area contributed by atoms with Crippen molar-refractivity contribution in [1.29, 1.82) is 5.26 Å². The SMILES string of the molecule is COc1c(C)cc(C)cc1C(=O)C(C#N)C(C)C. The molecule has 1 atom stereocenters. The molecule has 0 bridgehead atoms. The van der Waals surface area contributed by atoms with Gasteiger partial charge in [0.1, 0.15) is 11.7 Å². The standard InChI is InChI=1S/C15H19NO2/c1-9(2)13(8-16)14(17)12-7-10(3)6-11(4)15(12)18-5/h6-7,9,13H,1-5H3. The number of methoxy groups -OCH3 is 1. The number of hydrogen-bond acceptors (Lipinski definition) is 3. The molecule has 0 aliphatic heterocycles. The Balaban J connectivity index is 3.33. The summed E-state index contributed by atoms with van der Waals surface area (Å²) in [5.74, 6) is -0.212. The van der Waals surface area contributed by atoms with Crippen molar-refractivity contribution in [1.82, 2.24) is 0 Å². The van der Waals surface area contributed by atoms with Crippen molar-refractivity contribution in [3.63, 3.8) is 0 Å². The van der Waals surface area contributed by atoms with E-state index in [1.807, 2.05) is 33.8 Å². The Morgan fingerprint density at radius 3 is 2.39 bits per heavy atom. The number of ether oxygens (including phenoxy) is 1. The molecule has 1 aromatic rings. The van der Waals surface area contributed by atoms with Gasteiger partial charge in [0.05, 0.1) is 18.7 Å². The van der Waals surface area contributed by atoms with Crippen LogP contribution in [-0.2, 0) is 0 Å². The summed E-state index contributed by atoms with van der Waals surface area (Å²) in [6.07, 6.45) is 0. The third-order valence-corrected chi connectivity index (χ3v) is 2.98. The summed E-state index contributed by atoms with van der Waals surface area (Å²) in [6.45, 7) is 7.58. The lowest BCUT2D eigenvalue weighted by Crippen LogP contribution is -2.19. The summed E-state index contributed by atoms with van der Waals surface area (Å²) in [7, 11) is 1.55. The largest absolute Gasteiger partial charge is 0.496 e. The summed E-state index contributed by atoms with van der Waals surface area (Å²) in [4.78, 5) is 12.4. The molecule has 0 fully saturated rings. The maximum absolute atomic E-state index is 12.4. The molecular weight excluding hydrogens is 226 g/mol. The van der Waals surface area contributed by atoms with E-state index in [-0.39, 0.29) is 11.7 Å². The van der Waals surface area contributed by atoms with E-state index in [0.29, 0.717) is 11.3 Å². The van der Waals surface area contributed by atoms with Crippen LogP contribution in [0.1, 0.15) is 35.3 Å². The lowest BCUT2D eigenvalue weighted by atomic mass is 9.87. The second-order valence-electron chi connectivity index (χ2n) is 4.88. The van der Waals surface area contributed by atoms with Crippen molar-refractivity contribution in [3.8, 4) is 11.8 Å². The van der Waals surface area contributed by atoms with Crippen LogP contribution in [0, 0.1) is 37.0 Å². The lowest BCUT2D eigenvalue weighted by molar-refractivity contribution is 0.0921. The van der Waals surface area contributed by atoms with Gasteiger partial charge in [-0.2, -0.15) is 5.26 Å². The average Bonchev–Trinajstić information content (AvgIpc) is 2.28. The number of rotatable bonds is 4. The van der Waals surface area contributed by atoms with Gasteiger partial charge in [-0.1, -0.05) is 19.9 Å². The molecule has 1 aromatic carbocycles. The van der Waals surface area contributed by atoms with Crippen molar-refractivity contribution in [2.24, 2.45) is 11.8 Å². The smallest absolute Gasteiger partial charge is 0.183 e. The highest BCUT2D eigenvalue weighted by molar-refractivity contribution is 6.02. The number of carbonyl (C=O) groups is 1. The van der Waals surface area contributed by atoms with Crippen LogP contribution in [0.2, 0.25) is 0 Å². The molecule has 3 nitrogen and oxygen atoms in total. The van der Waals surface area contributed by atoms with Crippen molar-refractivity contribution in [2.75, 3.05) is 7.11 Å². The van der Waals surface area contributed by atoms with Crippen LogP contribution in [0.5, 0.6) is 5.75 Å². The number of hydrogen-bond donors (Lipinski definition) is 0. The van der Waals surface area contributed by atoms with Crippen LogP contribution in [0.25, 0.3) is 0 Å². The predicted octanol–water partition coefficient (Wildman–Crippen LogP) is 3.29. The molecule has 0 heterocycles. The zero-order valence-corrected chi connectivity index (χ0v) is 11.6. The minimum Gasteiger partial charge on any atom is -0.496 e. The zero-order valence-electron chi connectivity index (χ0n) is 11.6. The van der Waals surface area contributed by atoms with Gasteiger partial charge in [-0.05, 0) is 37.0 Å². The maximum Gasteiger partial charge on any atom is 0.183 e. The highest BCUT2D eigenvalue weighted by Gasteiger charge is 2.26. The molecule has 0 saturated heterocycles. The molecule has 1 rings (SSSR count). The summed E-state index contributed by atoms with van der Waals surface area (Å²) < 4.78 is 5.30. The second-order valence-corrected chi connectivity index (χ2v) is 4.88. The minimum absolute atomic E-state index is 0.00646. The van der Waals surface area contributed by atoms with E-state index >= 15 is 0 Å². The van der Waals surface area contributed by atoms with Gasteiger partial charge in [-0.25, -0.2) is 0 Å². The molecule has 1 unspecified atom stereocenters. The van der Waals surface area contributed by atoms with Crippen LogP contribution < -0.4 is 4.74 Å². The van der Waals surface area contributed by atoms with E-state index in [4.69, 9.17) is 10.00 Å². The Morgan fingerprint density at radius 2 is 1.94 bits per heavy atom. The van der Waals surface area contributed by atoms with Crippen LogP contribution in [0.3, 0.4) is 0 Å². The van der Waals surface area contributed by atoms with Gasteiger partial charge in [0.15, 0.2) is 5.78 Å². The first-order chi connectivity index (χ1) is 8.42. The number of carbonyl (C=O) groups excluding carboxylic acids is 1. The van der Waals surface area contributed by atoms with E-state index in [0.717, 1.165) is 11.1 Å². The third kappa shape index (κ3) is 2.70. The predicted molar refractivity (Wildman–Crippen MR) is 70.7 cm³/mol. The Hall–Kier alpha value is -1.82. The van der Waals surface area contributed by atoms with E-state index < -0.39 is 5.92 Å². The number of ketones is 1. The van der Waals surface area contributed by atoms with Crippen LogP contribution in [-0.4, -0.2) is 12.9 Å². The van der Waals surface area contributed by atoms with E-state index in [2.05, 4.69) is 6.07 Å². The maximum atomic E-state index is 12.4. The Kier molecular flexibility index (Phi) is 4.49. The van der Waals surface area contributed by atoms with Crippen LogP contribution in [0.4, 0.5) is 0 Å². The molecule has 96 valence electrons. The normalized spacial score (nSPS) is 12.1. The molecular formula is C15H19NO2. The minimum atomic E-state index is -0.625. The average molecular weight is 245 g/mol. The fourth-order valence-corrected chi connectivity index (χ4v) is 2.09. The number of Topliss-reactive ketones (excluding diaryl/α,β-unsaturated/α-hetero) is 1. The van der Waals surface area contributed by atoms with Gasteiger partial charge in [0.25, 0.3) is 0 Å². The fourth-order valence-electron chi connectivity index (χ4n) is 2.09. The topological polar surface area (TPSA) is 50.1 Å². The number of benzene rings is 1. The van der Waals surface area contributed by atoms with Gasteiger partial charge in [0, 0.05) is 0 Å². The molecule has 0 radical (unpaired) electrons. The van der Waals surface area contributed by atoms with Gasteiger partial charge in [0.2, 0.25) is 0 Å². The summed E-state index contributed by atoms with van der Waals surface area (Å²) in [6, 6.07) is 5.84. The van der Waals surface area contributed by atoms with E-state index in [1.54, 1.807) is 13.2 Å². The first-order valence-corrected chi connectivity index (χ1v) is 6.01. The highest BCUT2D eigenvalue weighted by atomic mass is 16.5. The van der Waals surface area contributed by atoms with E-state index in [9.17, 15) is 4.79 Å². The van der Waals surface area contributed by atoms with Gasteiger partial charge >= 0.3 is 0 Å². The number of nitrogens with zero attached hydrogens (tertiary/aromatic N) is 1. The van der Waals surface area contributed by atoms with Gasteiger partial charge < -0.3 is 4.74 Å². The van der Waals surface area contributed by atoms with E-state index in [1.165, 1.54) is 0 Å². The first-order valence-electron chi connectivity index (χ1n) is 6.01. The zero-order chi connectivity index (χ0) is 13.9. The first kappa shape index (κ1) is 14.2. The quantitative estimate of drug-likeness (QED) is 0.765. The molecule has 18 heavy (non-hydrogen) atoms. The highest BCUT2D eigenvalue weighted by Crippen LogP contribution is 2.29. The monoisotopic (exact) mass is 245 g/mol. The molecule has 3 heteroatoms. The Labute approximate surface area is 108 Å². The molecule has 0 saturated carbocycles. The van der Waals surface area contributed by atoms with Gasteiger partial charge in [-0.15, -0.1) is 0 Å². The second kappa shape index (κ2) is 5.68.